The largest absolute Gasteiger partial charge is 0.378 e. The molecule has 0 unspecified atom stereocenters. The zero-order valence-corrected chi connectivity index (χ0v) is 6.88. The van der Waals surface area contributed by atoms with E-state index in [1.165, 1.54) is 11.8 Å². The lowest BCUT2D eigenvalue weighted by Crippen LogP contribution is -2.04. The summed E-state index contributed by atoms with van der Waals surface area (Å²) >= 11 is 1.38. The molecule has 58 valence electrons. The van der Waals surface area contributed by atoms with E-state index in [2.05, 4.69) is 15.0 Å². The van der Waals surface area contributed by atoms with Crippen molar-refractivity contribution in [2.24, 2.45) is 10.7 Å². The van der Waals surface area contributed by atoms with Crippen LogP contribution in [0.3, 0.4) is 0 Å². The highest BCUT2D eigenvalue weighted by Crippen LogP contribution is 2.05. The first kappa shape index (κ1) is 8.00. The van der Waals surface area contributed by atoms with Gasteiger partial charge < -0.3 is 5.73 Å². The molecule has 0 fully saturated rings. The van der Waals surface area contributed by atoms with Gasteiger partial charge in [-0.15, -0.1) is 0 Å². The van der Waals surface area contributed by atoms with Crippen LogP contribution < -0.4 is 5.73 Å². The summed E-state index contributed by atoms with van der Waals surface area (Å²) in [5.74, 6) is 0.541. The number of amidine groups is 1. The Labute approximate surface area is 69.0 Å². The molecule has 0 saturated heterocycles. The second kappa shape index (κ2) is 3.92. The minimum Gasteiger partial charge on any atom is -0.378 e. The van der Waals surface area contributed by atoms with Crippen LogP contribution in [0.5, 0.6) is 0 Å². The lowest BCUT2D eigenvalue weighted by atomic mass is 10.7. The van der Waals surface area contributed by atoms with Crippen molar-refractivity contribution in [3.63, 3.8) is 0 Å². The highest BCUT2D eigenvalue weighted by atomic mass is 32.2. The molecule has 11 heavy (non-hydrogen) atoms. The molecule has 1 aromatic heterocycles. The predicted octanol–water partition coefficient (Wildman–Crippen LogP) is 0.786. The van der Waals surface area contributed by atoms with Crippen molar-refractivity contribution in [2.45, 2.75) is 0 Å². The van der Waals surface area contributed by atoms with Gasteiger partial charge in [-0.1, -0.05) is 11.8 Å². The van der Waals surface area contributed by atoms with Crippen LogP contribution in [0.25, 0.3) is 0 Å². The van der Waals surface area contributed by atoms with Crippen molar-refractivity contribution >= 4 is 22.7 Å². The number of aliphatic imine (C=N–C) groups is 1. The van der Waals surface area contributed by atoms with Crippen LogP contribution in [-0.4, -0.2) is 21.4 Å². The summed E-state index contributed by atoms with van der Waals surface area (Å²) in [6.45, 7) is 0. The maximum Gasteiger partial charge on any atom is 0.173 e. The number of nitrogens with two attached hydrogens (primary N) is 1. The average molecular weight is 168 g/mol. The van der Waals surface area contributed by atoms with Gasteiger partial charge in [0.05, 0.1) is 6.20 Å². The maximum absolute atomic E-state index is 5.45. The van der Waals surface area contributed by atoms with E-state index < -0.39 is 0 Å². The summed E-state index contributed by atoms with van der Waals surface area (Å²) in [6.07, 6.45) is 6.58. The van der Waals surface area contributed by atoms with Crippen molar-refractivity contribution in [2.75, 3.05) is 6.26 Å². The molecular weight excluding hydrogens is 160 g/mol. The third kappa shape index (κ3) is 2.55. The van der Waals surface area contributed by atoms with Crippen molar-refractivity contribution in [3.05, 3.63) is 18.6 Å². The molecule has 0 aromatic carbocycles. The smallest absolute Gasteiger partial charge is 0.173 e. The Kier molecular flexibility index (Phi) is 2.85. The molecule has 0 saturated carbocycles. The summed E-state index contributed by atoms with van der Waals surface area (Å²) in [7, 11) is 0. The fourth-order valence-corrected chi connectivity index (χ4v) is 0.692. The van der Waals surface area contributed by atoms with E-state index in [0.717, 1.165) is 0 Å². The van der Waals surface area contributed by atoms with E-state index in [1.807, 2.05) is 6.26 Å². The van der Waals surface area contributed by atoms with Crippen LogP contribution in [0.4, 0.5) is 5.82 Å². The predicted molar refractivity (Wildman–Crippen MR) is 46.8 cm³/mol. The lowest BCUT2D eigenvalue weighted by Gasteiger charge is -1.92. The Hall–Kier alpha value is -1.10. The minimum atomic E-state index is 0.491. The summed E-state index contributed by atoms with van der Waals surface area (Å²) < 4.78 is 0. The molecule has 0 aliphatic heterocycles. The summed E-state index contributed by atoms with van der Waals surface area (Å²) in [6, 6.07) is 0. The van der Waals surface area contributed by atoms with E-state index in [-0.39, 0.29) is 0 Å². The molecule has 0 radical (unpaired) electrons. The van der Waals surface area contributed by atoms with Crippen LogP contribution in [0, 0.1) is 0 Å². The van der Waals surface area contributed by atoms with Crippen molar-refractivity contribution in [1.82, 2.24) is 9.97 Å². The number of aromatic nitrogens is 2. The first-order valence-corrected chi connectivity index (χ1v) is 4.19. The summed E-state index contributed by atoms with van der Waals surface area (Å²) in [4.78, 5) is 11.7. The van der Waals surface area contributed by atoms with Crippen LogP contribution in [0.2, 0.25) is 0 Å². The number of nitrogens with zero attached hydrogens (tertiary/aromatic N) is 3. The van der Waals surface area contributed by atoms with E-state index >= 15 is 0 Å². The molecule has 0 aliphatic rings. The molecule has 4 nitrogen and oxygen atoms in total. The Balaban J connectivity index is 2.79. The van der Waals surface area contributed by atoms with Crippen molar-refractivity contribution in [1.29, 1.82) is 0 Å². The van der Waals surface area contributed by atoms with Gasteiger partial charge in [-0.05, 0) is 6.26 Å². The van der Waals surface area contributed by atoms with Gasteiger partial charge >= 0.3 is 0 Å². The van der Waals surface area contributed by atoms with Gasteiger partial charge in [-0.3, -0.25) is 4.98 Å². The standard InChI is InChI=1S/C6H8N4S/c1-11-6(7)10-5-4-8-2-3-9-5/h2-4H,1H3,(H2,7,9,10). The zero-order chi connectivity index (χ0) is 8.10. The highest BCUT2D eigenvalue weighted by Gasteiger charge is 1.90. The van der Waals surface area contributed by atoms with Gasteiger partial charge in [0.25, 0.3) is 0 Å². The molecule has 0 amide bonds. The van der Waals surface area contributed by atoms with E-state index in [1.54, 1.807) is 18.6 Å². The van der Waals surface area contributed by atoms with Crippen LogP contribution in [0.15, 0.2) is 23.6 Å². The first-order chi connectivity index (χ1) is 5.33. The third-order valence-corrected chi connectivity index (χ3v) is 1.49. The van der Waals surface area contributed by atoms with Gasteiger partial charge in [-0.2, -0.15) is 0 Å². The molecule has 2 N–H and O–H groups in total. The topological polar surface area (TPSA) is 64.2 Å². The SMILES string of the molecule is CSC(N)=Nc1cnccn1. The van der Waals surface area contributed by atoms with E-state index in [0.29, 0.717) is 11.0 Å². The average Bonchev–Trinajstić information content (AvgIpc) is 2.06. The Morgan fingerprint density at radius 3 is 3.00 bits per heavy atom. The molecule has 1 aromatic rings. The molecule has 1 heterocycles. The van der Waals surface area contributed by atoms with E-state index in [4.69, 9.17) is 5.73 Å². The van der Waals surface area contributed by atoms with Gasteiger partial charge in [-0.25, -0.2) is 9.98 Å². The molecule has 0 atom stereocenters. The van der Waals surface area contributed by atoms with Gasteiger partial charge in [0.1, 0.15) is 0 Å². The molecular formula is C6H8N4S. The van der Waals surface area contributed by atoms with Crippen molar-refractivity contribution < 1.29 is 0 Å². The lowest BCUT2D eigenvalue weighted by molar-refractivity contribution is 1.18. The highest BCUT2D eigenvalue weighted by molar-refractivity contribution is 8.13. The molecule has 0 aliphatic carbocycles. The second-order valence-electron chi connectivity index (χ2n) is 1.72. The Morgan fingerprint density at radius 1 is 1.64 bits per heavy atom. The monoisotopic (exact) mass is 168 g/mol. The summed E-state index contributed by atoms with van der Waals surface area (Å²) in [5, 5.41) is 0.491. The fraction of sp³-hybridized carbons (Fsp3) is 0.167. The van der Waals surface area contributed by atoms with Crippen LogP contribution in [0.1, 0.15) is 0 Å². The van der Waals surface area contributed by atoms with Crippen LogP contribution in [-0.2, 0) is 0 Å². The maximum atomic E-state index is 5.45. The molecule has 0 bridgehead atoms. The number of rotatable bonds is 1. The number of thioether (sulfide) groups is 1. The number of hydrogen-bond donors (Lipinski definition) is 1. The number of hydrogen-bond acceptors (Lipinski definition) is 4. The Morgan fingerprint density at radius 2 is 2.45 bits per heavy atom. The third-order valence-electron chi connectivity index (χ3n) is 0.983. The van der Waals surface area contributed by atoms with Crippen LogP contribution >= 0.6 is 11.8 Å². The normalized spacial score (nSPS) is 11.5. The quantitative estimate of drug-likeness (QED) is 0.497. The first-order valence-electron chi connectivity index (χ1n) is 2.97. The fourth-order valence-electron chi connectivity index (χ4n) is 0.508. The molecule has 1 rings (SSSR count). The molecule has 5 heteroatoms. The van der Waals surface area contributed by atoms with Crippen molar-refractivity contribution in [3.8, 4) is 0 Å². The van der Waals surface area contributed by atoms with Gasteiger partial charge in [0.2, 0.25) is 0 Å². The summed E-state index contributed by atoms with van der Waals surface area (Å²) in [5.41, 5.74) is 5.45. The second-order valence-corrected chi connectivity index (χ2v) is 2.54. The van der Waals surface area contributed by atoms with E-state index in [9.17, 15) is 0 Å². The molecule has 0 spiro atoms. The van der Waals surface area contributed by atoms with Gasteiger partial charge in [0, 0.05) is 12.4 Å². The Bertz CT molecular complexity index is 246. The van der Waals surface area contributed by atoms with Gasteiger partial charge in [0.15, 0.2) is 11.0 Å². The zero-order valence-electron chi connectivity index (χ0n) is 6.06. The minimum absolute atomic E-state index is 0.491.